The van der Waals surface area contributed by atoms with Crippen molar-refractivity contribution in [3.8, 4) is 11.5 Å². The van der Waals surface area contributed by atoms with E-state index in [9.17, 15) is 4.79 Å². The van der Waals surface area contributed by atoms with Crippen molar-refractivity contribution in [3.63, 3.8) is 0 Å². The number of carbonyl (C=O) groups excluding carboxylic acids is 1. The van der Waals surface area contributed by atoms with E-state index >= 15 is 0 Å². The molecule has 2 N–H and O–H groups in total. The molecule has 1 aliphatic heterocycles. The van der Waals surface area contributed by atoms with E-state index in [4.69, 9.17) is 15.2 Å². The van der Waals surface area contributed by atoms with E-state index in [0.717, 1.165) is 23.5 Å². The number of nitrogen functional groups attached to an aromatic ring is 1. The Morgan fingerprint density at radius 1 is 1.08 bits per heavy atom. The smallest absolute Gasteiger partial charge is 0.254 e. The van der Waals surface area contributed by atoms with Gasteiger partial charge in [0, 0.05) is 24.3 Å². The summed E-state index contributed by atoms with van der Waals surface area (Å²) in [6, 6.07) is 11.2. The number of hydrogen-bond acceptors (Lipinski definition) is 4. The van der Waals surface area contributed by atoms with Gasteiger partial charge in [0.1, 0.15) is 0 Å². The second kappa shape index (κ2) is 8.81. The number of benzene rings is 2. The minimum absolute atomic E-state index is 0. The van der Waals surface area contributed by atoms with Crippen LogP contribution in [0.3, 0.4) is 0 Å². The molecular weight excluding hydrogens is 352 g/mol. The van der Waals surface area contributed by atoms with Gasteiger partial charge in [-0.2, -0.15) is 0 Å². The average molecular weight is 377 g/mol. The summed E-state index contributed by atoms with van der Waals surface area (Å²) in [7, 11) is 0. The van der Waals surface area contributed by atoms with Crippen LogP contribution in [0.4, 0.5) is 5.69 Å². The lowest BCUT2D eigenvalue weighted by Gasteiger charge is -2.30. The average Bonchev–Trinajstić information content (AvgIpc) is 2.61. The third-order valence-corrected chi connectivity index (χ3v) is 4.30. The molecule has 0 bridgehead atoms. The van der Waals surface area contributed by atoms with Crippen molar-refractivity contribution in [2.45, 2.75) is 26.8 Å². The molecule has 0 saturated heterocycles. The Bertz CT molecular complexity index is 780. The van der Waals surface area contributed by atoms with Crippen LogP contribution in [0.15, 0.2) is 36.4 Å². The third-order valence-electron chi connectivity index (χ3n) is 4.30. The third kappa shape index (κ3) is 4.22. The van der Waals surface area contributed by atoms with Crippen molar-refractivity contribution < 1.29 is 14.3 Å². The molecule has 0 radical (unpaired) electrons. The SMILES string of the molecule is CCOc1cc2c(cc1OCC)CN(C(=O)c1cccc(N)c1)CC2.Cl. The van der Waals surface area contributed by atoms with Gasteiger partial charge in [-0.1, -0.05) is 6.07 Å². The normalized spacial score (nSPS) is 12.8. The van der Waals surface area contributed by atoms with Crippen molar-refractivity contribution in [1.82, 2.24) is 4.90 Å². The molecule has 1 amide bonds. The van der Waals surface area contributed by atoms with Crippen LogP contribution in [0.5, 0.6) is 11.5 Å². The highest BCUT2D eigenvalue weighted by atomic mass is 35.5. The van der Waals surface area contributed by atoms with Gasteiger partial charge in [-0.3, -0.25) is 4.79 Å². The van der Waals surface area contributed by atoms with Gasteiger partial charge >= 0.3 is 0 Å². The zero-order chi connectivity index (χ0) is 17.8. The lowest BCUT2D eigenvalue weighted by Crippen LogP contribution is -2.36. The highest BCUT2D eigenvalue weighted by molar-refractivity contribution is 5.95. The van der Waals surface area contributed by atoms with Gasteiger partial charge in [0.15, 0.2) is 11.5 Å². The largest absolute Gasteiger partial charge is 0.490 e. The second-order valence-electron chi connectivity index (χ2n) is 6.04. The molecule has 1 aliphatic rings. The van der Waals surface area contributed by atoms with Crippen LogP contribution < -0.4 is 15.2 Å². The molecule has 0 unspecified atom stereocenters. The number of carbonyl (C=O) groups is 1. The summed E-state index contributed by atoms with van der Waals surface area (Å²) in [6.07, 6.45) is 0.801. The lowest BCUT2D eigenvalue weighted by atomic mass is 9.98. The maximum Gasteiger partial charge on any atom is 0.254 e. The number of fused-ring (bicyclic) bond motifs is 1. The van der Waals surface area contributed by atoms with Crippen LogP contribution in [0, 0.1) is 0 Å². The second-order valence-corrected chi connectivity index (χ2v) is 6.04. The maximum atomic E-state index is 12.8. The van der Waals surface area contributed by atoms with Gasteiger partial charge in [0.2, 0.25) is 0 Å². The van der Waals surface area contributed by atoms with Gasteiger partial charge in [-0.25, -0.2) is 0 Å². The summed E-state index contributed by atoms with van der Waals surface area (Å²) in [5.41, 5.74) is 9.34. The first kappa shape index (κ1) is 19.9. The molecule has 0 saturated carbocycles. The van der Waals surface area contributed by atoms with Gasteiger partial charge in [0.25, 0.3) is 5.91 Å². The first-order valence-corrected chi connectivity index (χ1v) is 8.68. The zero-order valence-electron chi connectivity index (χ0n) is 15.2. The number of anilines is 1. The summed E-state index contributed by atoms with van der Waals surface area (Å²) < 4.78 is 11.4. The van der Waals surface area contributed by atoms with Gasteiger partial charge < -0.3 is 20.1 Å². The number of halogens is 1. The molecule has 140 valence electrons. The Hall–Kier alpha value is -2.40. The highest BCUT2D eigenvalue weighted by Gasteiger charge is 2.24. The van der Waals surface area contributed by atoms with E-state index < -0.39 is 0 Å². The summed E-state index contributed by atoms with van der Waals surface area (Å²) in [4.78, 5) is 14.6. The first-order chi connectivity index (χ1) is 12.1. The molecule has 1 heterocycles. The van der Waals surface area contributed by atoms with Gasteiger partial charge in [0.05, 0.1) is 13.2 Å². The predicted molar refractivity (Wildman–Crippen MR) is 105 cm³/mol. The standard InChI is InChI=1S/C20H24N2O3.ClH/c1-3-24-18-11-14-8-9-22(13-16(14)12-19(18)25-4-2)20(23)15-6-5-7-17(21)10-15;/h5-7,10-12H,3-4,8-9,13,21H2,1-2H3;1H. The first-order valence-electron chi connectivity index (χ1n) is 8.68. The molecule has 0 fully saturated rings. The van der Waals surface area contributed by atoms with E-state index in [0.29, 0.717) is 37.6 Å². The minimum atomic E-state index is 0. The van der Waals surface area contributed by atoms with Crippen LogP contribution in [-0.2, 0) is 13.0 Å². The van der Waals surface area contributed by atoms with E-state index in [1.165, 1.54) is 5.56 Å². The Balaban J connectivity index is 0.00000243. The molecule has 0 aliphatic carbocycles. The maximum absolute atomic E-state index is 12.8. The van der Waals surface area contributed by atoms with Crippen molar-refractivity contribution in [2.75, 3.05) is 25.5 Å². The Labute approximate surface area is 160 Å². The Morgan fingerprint density at radius 3 is 2.35 bits per heavy atom. The fraction of sp³-hybridized carbons (Fsp3) is 0.350. The monoisotopic (exact) mass is 376 g/mol. The van der Waals surface area contributed by atoms with Crippen molar-refractivity contribution in [3.05, 3.63) is 53.1 Å². The highest BCUT2D eigenvalue weighted by Crippen LogP contribution is 2.34. The minimum Gasteiger partial charge on any atom is -0.490 e. The quantitative estimate of drug-likeness (QED) is 0.808. The summed E-state index contributed by atoms with van der Waals surface area (Å²) in [5.74, 6) is 1.52. The summed E-state index contributed by atoms with van der Waals surface area (Å²) in [6.45, 7) is 6.32. The number of rotatable bonds is 5. The molecule has 5 nitrogen and oxygen atoms in total. The molecule has 6 heteroatoms. The fourth-order valence-electron chi connectivity index (χ4n) is 3.13. The van der Waals surface area contributed by atoms with Crippen molar-refractivity contribution in [2.24, 2.45) is 0 Å². The zero-order valence-corrected chi connectivity index (χ0v) is 16.0. The summed E-state index contributed by atoms with van der Waals surface area (Å²) >= 11 is 0. The Kier molecular flexibility index (Phi) is 6.75. The number of amides is 1. The van der Waals surface area contributed by atoms with Crippen LogP contribution >= 0.6 is 12.4 Å². The van der Waals surface area contributed by atoms with E-state index in [1.807, 2.05) is 36.9 Å². The van der Waals surface area contributed by atoms with Crippen molar-refractivity contribution >= 4 is 24.0 Å². The van der Waals surface area contributed by atoms with E-state index in [1.54, 1.807) is 18.2 Å². The molecule has 0 atom stereocenters. The van der Waals surface area contributed by atoms with Crippen LogP contribution in [-0.4, -0.2) is 30.6 Å². The predicted octanol–water partition coefficient (Wildman–Crippen LogP) is 3.69. The van der Waals surface area contributed by atoms with Gasteiger partial charge in [-0.15, -0.1) is 12.4 Å². The molecule has 3 rings (SSSR count). The molecule has 26 heavy (non-hydrogen) atoms. The van der Waals surface area contributed by atoms with Crippen LogP contribution in [0.25, 0.3) is 0 Å². The number of nitrogens with zero attached hydrogens (tertiary/aromatic N) is 1. The molecule has 0 aromatic heterocycles. The van der Waals surface area contributed by atoms with Gasteiger partial charge in [-0.05, 0) is 61.7 Å². The van der Waals surface area contributed by atoms with Crippen LogP contribution in [0.2, 0.25) is 0 Å². The summed E-state index contributed by atoms with van der Waals surface area (Å²) in [5, 5.41) is 0. The van der Waals surface area contributed by atoms with Crippen molar-refractivity contribution in [1.29, 1.82) is 0 Å². The number of ether oxygens (including phenoxy) is 2. The molecule has 2 aromatic rings. The van der Waals surface area contributed by atoms with E-state index in [-0.39, 0.29) is 18.3 Å². The topological polar surface area (TPSA) is 64.8 Å². The molecular formula is C20H25ClN2O3. The van der Waals surface area contributed by atoms with Crippen LogP contribution in [0.1, 0.15) is 35.3 Å². The number of hydrogen-bond donors (Lipinski definition) is 1. The van der Waals surface area contributed by atoms with E-state index in [2.05, 4.69) is 0 Å². The fourth-order valence-corrected chi connectivity index (χ4v) is 3.13. The Morgan fingerprint density at radius 2 is 1.73 bits per heavy atom. The molecule has 2 aromatic carbocycles. The number of nitrogens with two attached hydrogens (primary N) is 1. The lowest BCUT2D eigenvalue weighted by molar-refractivity contribution is 0.0734. The molecule has 0 spiro atoms.